The van der Waals surface area contributed by atoms with Gasteiger partial charge in [-0.1, -0.05) is 6.92 Å². The van der Waals surface area contributed by atoms with Gasteiger partial charge in [-0.2, -0.15) is 0 Å². The van der Waals surface area contributed by atoms with Gasteiger partial charge in [0, 0.05) is 12.1 Å². The van der Waals surface area contributed by atoms with Gasteiger partial charge in [-0.3, -0.25) is 0 Å². The van der Waals surface area contributed by atoms with Gasteiger partial charge in [-0.05, 0) is 53.0 Å². The minimum absolute atomic E-state index is 0.150. The van der Waals surface area contributed by atoms with E-state index in [0.29, 0.717) is 12.7 Å². The van der Waals surface area contributed by atoms with E-state index in [9.17, 15) is 5.11 Å². The molecule has 3 unspecified atom stereocenters. The average Bonchev–Trinajstić information content (AvgIpc) is 2.35. The third kappa shape index (κ3) is 6.21. The van der Waals surface area contributed by atoms with Crippen molar-refractivity contribution < 1.29 is 14.6 Å². The molecule has 0 aromatic heterocycles. The Balaban J connectivity index is 2.27. The minimum Gasteiger partial charge on any atom is -0.394 e. The molecule has 1 fully saturated rings. The Bertz CT molecular complexity index is 240. The van der Waals surface area contributed by atoms with Gasteiger partial charge in [0.25, 0.3) is 0 Å². The van der Waals surface area contributed by atoms with Gasteiger partial charge < -0.3 is 19.9 Å². The molecule has 1 saturated heterocycles. The standard InChI is InChI=1S/C15H31NO3/c1-5-7-16-15(4,11-17)6-8-18-14-9-12(2)19-13(3)10-14/h12-14,16-17H,5-11H2,1-4H3. The van der Waals surface area contributed by atoms with Gasteiger partial charge in [-0.25, -0.2) is 0 Å². The highest BCUT2D eigenvalue weighted by atomic mass is 16.5. The molecule has 114 valence electrons. The monoisotopic (exact) mass is 273 g/mol. The summed E-state index contributed by atoms with van der Waals surface area (Å²) in [6.07, 6.45) is 4.74. The van der Waals surface area contributed by atoms with Crippen LogP contribution in [-0.2, 0) is 9.47 Å². The van der Waals surface area contributed by atoms with Crippen LogP contribution < -0.4 is 5.32 Å². The quantitative estimate of drug-likeness (QED) is 0.711. The molecule has 0 spiro atoms. The molecule has 3 atom stereocenters. The highest BCUT2D eigenvalue weighted by Gasteiger charge is 2.26. The van der Waals surface area contributed by atoms with Crippen LogP contribution in [0.2, 0.25) is 0 Å². The molecule has 0 amide bonds. The van der Waals surface area contributed by atoms with Crippen LogP contribution in [0.15, 0.2) is 0 Å². The van der Waals surface area contributed by atoms with Crippen molar-refractivity contribution in [3.8, 4) is 0 Å². The molecular weight excluding hydrogens is 242 g/mol. The number of ether oxygens (including phenoxy) is 2. The molecule has 19 heavy (non-hydrogen) atoms. The Kier molecular flexibility index (Phi) is 7.29. The molecule has 0 radical (unpaired) electrons. The summed E-state index contributed by atoms with van der Waals surface area (Å²) in [5.41, 5.74) is -0.224. The summed E-state index contributed by atoms with van der Waals surface area (Å²) in [6, 6.07) is 0. The first-order valence-corrected chi connectivity index (χ1v) is 7.62. The zero-order valence-electron chi connectivity index (χ0n) is 12.9. The van der Waals surface area contributed by atoms with E-state index >= 15 is 0 Å². The lowest BCUT2D eigenvalue weighted by Gasteiger charge is -2.33. The molecule has 4 heteroatoms. The fourth-order valence-electron chi connectivity index (χ4n) is 2.58. The van der Waals surface area contributed by atoms with Crippen molar-refractivity contribution in [2.45, 2.75) is 77.2 Å². The van der Waals surface area contributed by atoms with E-state index in [4.69, 9.17) is 9.47 Å². The van der Waals surface area contributed by atoms with Crippen LogP contribution >= 0.6 is 0 Å². The van der Waals surface area contributed by atoms with Gasteiger partial charge >= 0.3 is 0 Å². The maximum Gasteiger partial charge on any atom is 0.0624 e. The van der Waals surface area contributed by atoms with Crippen molar-refractivity contribution in [2.24, 2.45) is 0 Å². The third-order valence-corrected chi connectivity index (χ3v) is 3.81. The van der Waals surface area contributed by atoms with Gasteiger partial charge in [0.05, 0.1) is 24.9 Å². The first kappa shape index (κ1) is 16.9. The zero-order chi connectivity index (χ0) is 14.3. The number of aliphatic hydroxyl groups excluding tert-OH is 1. The molecule has 2 N–H and O–H groups in total. The topological polar surface area (TPSA) is 50.7 Å². The van der Waals surface area contributed by atoms with Crippen molar-refractivity contribution in [3.05, 3.63) is 0 Å². The Labute approximate surface area is 117 Å². The normalized spacial score (nSPS) is 31.1. The number of nitrogens with one attached hydrogen (secondary N) is 1. The predicted octanol–water partition coefficient (Wildman–Crippen LogP) is 2.10. The van der Waals surface area contributed by atoms with E-state index in [2.05, 4.69) is 33.0 Å². The number of aliphatic hydroxyl groups is 1. The lowest BCUT2D eigenvalue weighted by atomic mass is 9.99. The smallest absolute Gasteiger partial charge is 0.0624 e. The lowest BCUT2D eigenvalue weighted by Crippen LogP contribution is -2.47. The van der Waals surface area contributed by atoms with E-state index in [1.54, 1.807) is 0 Å². The Morgan fingerprint density at radius 2 is 1.95 bits per heavy atom. The fraction of sp³-hybridized carbons (Fsp3) is 1.00. The predicted molar refractivity (Wildman–Crippen MR) is 77.4 cm³/mol. The summed E-state index contributed by atoms with van der Waals surface area (Å²) in [5, 5.41) is 12.9. The Morgan fingerprint density at radius 3 is 2.47 bits per heavy atom. The van der Waals surface area contributed by atoms with Crippen LogP contribution in [-0.4, -0.2) is 48.7 Å². The molecule has 1 aliphatic rings. The second kappa shape index (κ2) is 8.20. The van der Waals surface area contributed by atoms with E-state index in [0.717, 1.165) is 32.2 Å². The zero-order valence-corrected chi connectivity index (χ0v) is 12.9. The molecule has 4 nitrogen and oxygen atoms in total. The Morgan fingerprint density at radius 1 is 1.32 bits per heavy atom. The summed E-state index contributed by atoms with van der Waals surface area (Å²) in [4.78, 5) is 0. The average molecular weight is 273 g/mol. The second-order valence-corrected chi connectivity index (χ2v) is 6.12. The highest BCUT2D eigenvalue weighted by Crippen LogP contribution is 2.22. The van der Waals surface area contributed by atoms with Crippen molar-refractivity contribution in [3.63, 3.8) is 0 Å². The summed E-state index contributed by atoms with van der Waals surface area (Å²) in [6.45, 7) is 10.2. The first-order valence-electron chi connectivity index (χ1n) is 7.62. The summed E-state index contributed by atoms with van der Waals surface area (Å²) >= 11 is 0. The molecule has 1 rings (SSSR count). The summed E-state index contributed by atoms with van der Waals surface area (Å²) in [7, 11) is 0. The molecule has 0 bridgehead atoms. The maximum absolute atomic E-state index is 9.49. The van der Waals surface area contributed by atoms with E-state index < -0.39 is 0 Å². The van der Waals surface area contributed by atoms with Crippen LogP contribution in [0, 0.1) is 0 Å². The molecular formula is C15H31NO3. The molecule has 1 heterocycles. The molecule has 0 saturated carbocycles. The largest absolute Gasteiger partial charge is 0.394 e. The lowest BCUT2D eigenvalue weighted by molar-refractivity contribution is -0.104. The number of hydrogen-bond donors (Lipinski definition) is 2. The number of hydrogen-bond acceptors (Lipinski definition) is 4. The van der Waals surface area contributed by atoms with Crippen molar-refractivity contribution in [1.82, 2.24) is 5.32 Å². The molecule has 0 aromatic rings. The van der Waals surface area contributed by atoms with Crippen LogP contribution in [0.5, 0.6) is 0 Å². The van der Waals surface area contributed by atoms with Crippen LogP contribution in [0.25, 0.3) is 0 Å². The fourth-order valence-corrected chi connectivity index (χ4v) is 2.58. The molecule has 0 aromatic carbocycles. The van der Waals surface area contributed by atoms with E-state index in [1.807, 2.05) is 0 Å². The van der Waals surface area contributed by atoms with Gasteiger partial charge in [0.15, 0.2) is 0 Å². The van der Waals surface area contributed by atoms with Crippen LogP contribution in [0.4, 0.5) is 0 Å². The van der Waals surface area contributed by atoms with Crippen molar-refractivity contribution in [1.29, 1.82) is 0 Å². The summed E-state index contributed by atoms with van der Waals surface area (Å²) < 4.78 is 11.7. The van der Waals surface area contributed by atoms with Crippen molar-refractivity contribution >= 4 is 0 Å². The van der Waals surface area contributed by atoms with Crippen molar-refractivity contribution in [2.75, 3.05) is 19.8 Å². The van der Waals surface area contributed by atoms with Crippen LogP contribution in [0.3, 0.4) is 0 Å². The third-order valence-electron chi connectivity index (χ3n) is 3.81. The number of rotatable bonds is 8. The second-order valence-electron chi connectivity index (χ2n) is 6.12. The highest BCUT2D eigenvalue weighted by molar-refractivity contribution is 4.82. The van der Waals surface area contributed by atoms with E-state index in [1.165, 1.54) is 0 Å². The van der Waals surface area contributed by atoms with Gasteiger partial charge in [0.2, 0.25) is 0 Å². The van der Waals surface area contributed by atoms with Gasteiger partial charge in [-0.15, -0.1) is 0 Å². The van der Waals surface area contributed by atoms with E-state index in [-0.39, 0.29) is 24.4 Å². The Hall–Kier alpha value is -0.160. The van der Waals surface area contributed by atoms with Crippen LogP contribution in [0.1, 0.15) is 53.4 Å². The minimum atomic E-state index is -0.224. The van der Waals surface area contributed by atoms with Gasteiger partial charge in [0.1, 0.15) is 0 Å². The summed E-state index contributed by atoms with van der Waals surface area (Å²) in [5.74, 6) is 0. The molecule has 0 aliphatic carbocycles. The maximum atomic E-state index is 9.49. The first-order chi connectivity index (χ1) is 8.99. The SMILES string of the molecule is CCCNC(C)(CO)CCOC1CC(C)OC(C)C1. The molecule has 1 aliphatic heterocycles.